The summed E-state index contributed by atoms with van der Waals surface area (Å²) in [6, 6.07) is 6.33. The first kappa shape index (κ1) is 11.0. The van der Waals surface area contributed by atoms with Crippen LogP contribution in [0.3, 0.4) is 0 Å². The number of nitriles is 1. The van der Waals surface area contributed by atoms with Crippen molar-refractivity contribution in [2.45, 2.75) is 0 Å². The summed E-state index contributed by atoms with van der Waals surface area (Å²) in [4.78, 5) is 3.78. The third-order valence-electron chi connectivity index (χ3n) is 2.67. The molecule has 2 N–H and O–H groups in total. The third-order valence-corrected chi connectivity index (χ3v) is 3.33. The van der Waals surface area contributed by atoms with Crippen molar-refractivity contribution in [1.29, 1.82) is 5.26 Å². The number of fused-ring (bicyclic) bond motifs is 3. The number of furan rings is 1. The van der Waals surface area contributed by atoms with Crippen LogP contribution < -0.4 is 5.73 Å². The number of benzene rings is 1. The Kier molecular flexibility index (Phi) is 2.25. The Morgan fingerprint density at radius 1 is 1.44 bits per heavy atom. The Labute approximate surface area is 109 Å². The lowest BCUT2D eigenvalue weighted by atomic mass is 10.1. The lowest BCUT2D eigenvalue weighted by molar-refractivity contribution is 0.586. The Hall–Kier alpha value is -2.13. The highest BCUT2D eigenvalue weighted by Gasteiger charge is 2.17. The van der Waals surface area contributed by atoms with Gasteiger partial charge in [0.2, 0.25) is 5.95 Å². The highest BCUT2D eigenvalue weighted by Crippen LogP contribution is 2.36. The van der Waals surface area contributed by atoms with Crippen LogP contribution in [0, 0.1) is 17.3 Å². The quantitative estimate of drug-likeness (QED) is 0.510. The highest BCUT2D eigenvalue weighted by molar-refractivity contribution is 9.10. The van der Waals surface area contributed by atoms with Crippen LogP contribution in [-0.2, 0) is 0 Å². The first-order valence-corrected chi connectivity index (χ1v) is 5.78. The van der Waals surface area contributed by atoms with Crippen molar-refractivity contribution in [3.05, 3.63) is 34.2 Å². The normalized spacial score (nSPS) is 10.9. The zero-order chi connectivity index (χ0) is 12.9. The molecule has 0 atom stereocenters. The van der Waals surface area contributed by atoms with E-state index in [0.29, 0.717) is 32.2 Å². The average molecular weight is 306 g/mol. The second-order valence-corrected chi connectivity index (χ2v) is 4.57. The van der Waals surface area contributed by atoms with E-state index in [9.17, 15) is 4.39 Å². The summed E-state index contributed by atoms with van der Waals surface area (Å²) < 4.78 is 19.2. The number of rotatable bonds is 0. The van der Waals surface area contributed by atoms with Crippen molar-refractivity contribution in [1.82, 2.24) is 4.98 Å². The highest BCUT2D eigenvalue weighted by atomic mass is 79.9. The van der Waals surface area contributed by atoms with E-state index in [1.54, 1.807) is 6.07 Å². The summed E-state index contributed by atoms with van der Waals surface area (Å²) >= 11 is 3.26. The summed E-state index contributed by atoms with van der Waals surface area (Å²) in [5, 5.41) is 9.67. The molecule has 0 bridgehead atoms. The number of hydrogen-bond acceptors (Lipinski definition) is 4. The first-order chi connectivity index (χ1) is 8.61. The number of aromatic nitrogens is 1. The van der Waals surface area contributed by atoms with Crippen molar-refractivity contribution in [2.24, 2.45) is 0 Å². The molecule has 0 saturated carbocycles. The van der Waals surface area contributed by atoms with E-state index in [-0.39, 0.29) is 5.56 Å². The van der Waals surface area contributed by atoms with Gasteiger partial charge in [0.05, 0.1) is 5.69 Å². The topological polar surface area (TPSA) is 75.8 Å². The van der Waals surface area contributed by atoms with Gasteiger partial charge in [-0.1, -0.05) is 0 Å². The maximum atomic E-state index is 13.2. The van der Waals surface area contributed by atoms with E-state index >= 15 is 0 Å². The van der Waals surface area contributed by atoms with Crippen LogP contribution in [-0.4, -0.2) is 4.98 Å². The smallest absolute Gasteiger partial charge is 0.213 e. The van der Waals surface area contributed by atoms with Crippen molar-refractivity contribution >= 4 is 43.7 Å². The lowest BCUT2D eigenvalue weighted by Crippen LogP contribution is -1.92. The van der Waals surface area contributed by atoms with Gasteiger partial charge in [-0.25, -0.2) is 4.98 Å². The number of halogens is 2. The summed E-state index contributed by atoms with van der Waals surface area (Å²) in [5.74, 6) is -0.600. The SMILES string of the molecule is N#Cc1c(N)c(Br)cc2c1oc1ccc(F)nc12. The van der Waals surface area contributed by atoms with Gasteiger partial charge in [0.25, 0.3) is 0 Å². The molecule has 88 valence electrons. The van der Waals surface area contributed by atoms with Crippen LogP contribution in [0.25, 0.3) is 22.1 Å². The zero-order valence-corrected chi connectivity index (χ0v) is 10.5. The maximum absolute atomic E-state index is 13.2. The fourth-order valence-electron chi connectivity index (χ4n) is 1.85. The van der Waals surface area contributed by atoms with Crippen molar-refractivity contribution in [3.8, 4) is 6.07 Å². The molecule has 0 radical (unpaired) electrons. The minimum Gasteiger partial charge on any atom is -0.453 e. The monoisotopic (exact) mass is 305 g/mol. The predicted molar refractivity (Wildman–Crippen MR) is 68.3 cm³/mol. The Balaban J connectivity index is 2.60. The zero-order valence-electron chi connectivity index (χ0n) is 8.87. The number of pyridine rings is 1. The molecule has 0 unspecified atom stereocenters. The minimum absolute atomic E-state index is 0.220. The maximum Gasteiger partial charge on any atom is 0.213 e. The molecular formula is C12H5BrFN3O. The number of hydrogen-bond donors (Lipinski definition) is 1. The summed E-state index contributed by atoms with van der Waals surface area (Å²) in [6.07, 6.45) is 0. The molecule has 0 spiro atoms. The molecule has 1 aromatic carbocycles. The van der Waals surface area contributed by atoms with Crippen molar-refractivity contribution in [3.63, 3.8) is 0 Å². The van der Waals surface area contributed by atoms with Crippen molar-refractivity contribution in [2.75, 3.05) is 5.73 Å². The molecular weight excluding hydrogens is 301 g/mol. The van der Waals surface area contributed by atoms with Gasteiger partial charge in [-0.15, -0.1) is 0 Å². The van der Waals surface area contributed by atoms with E-state index in [1.165, 1.54) is 12.1 Å². The van der Waals surface area contributed by atoms with Gasteiger partial charge >= 0.3 is 0 Å². The molecule has 6 heteroatoms. The van der Waals surface area contributed by atoms with Gasteiger partial charge in [0.1, 0.15) is 17.1 Å². The predicted octanol–water partition coefficient (Wildman–Crippen LogP) is 3.34. The molecule has 3 aromatic rings. The van der Waals surface area contributed by atoms with Crippen LogP contribution in [0.15, 0.2) is 27.1 Å². The van der Waals surface area contributed by atoms with Gasteiger partial charge in [0, 0.05) is 9.86 Å². The Morgan fingerprint density at radius 3 is 2.94 bits per heavy atom. The van der Waals surface area contributed by atoms with Crippen LogP contribution >= 0.6 is 15.9 Å². The summed E-state index contributed by atoms with van der Waals surface area (Å²) in [5.41, 5.74) is 7.42. The van der Waals surface area contributed by atoms with Gasteiger partial charge in [-0.3, -0.25) is 0 Å². The number of nitrogens with zero attached hydrogens (tertiary/aromatic N) is 2. The second kappa shape index (κ2) is 3.68. The van der Waals surface area contributed by atoms with Crippen LogP contribution in [0.2, 0.25) is 0 Å². The lowest BCUT2D eigenvalue weighted by Gasteiger charge is -2.00. The summed E-state index contributed by atoms with van der Waals surface area (Å²) in [6.45, 7) is 0. The molecule has 0 fully saturated rings. The molecule has 0 aliphatic heterocycles. The average Bonchev–Trinajstić information content (AvgIpc) is 2.69. The fraction of sp³-hybridized carbons (Fsp3) is 0. The van der Waals surface area contributed by atoms with E-state index in [4.69, 9.17) is 15.4 Å². The molecule has 3 rings (SSSR count). The van der Waals surface area contributed by atoms with Gasteiger partial charge in [-0.2, -0.15) is 9.65 Å². The van der Waals surface area contributed by atoms with Crippen molar-refractivity contribution < 1.29 is 8.81 Å². The molecule has 0 amide bonds. The minimum atomic E-state index is -0.600. The van der Waals surface area contributed by atoms with E-state index in [2.05, 4.69) is 20.9 Å². The first-order valence-electron chi connectivity index (χ1n) is 4.98. The van der Waals surface area contributed by atoms with Crippen LogP contribution in [0.4, 0.5) is 10.1 Å². The van der Waals surface area contributed by atoms with Gasteiger partial charge in [0.15, 0.2) is 11.2 Å². The van der Waals surface area contributed by atoms with Gasteiger partial charge in [-0.05, 0) is 34.1 Å². The number of nitrogen functional groups attached to an aromatic ring is 1. The van der Waals surface area contributed by atoms with E-state index < -0.39 is 5.95 Å². The molecule has 0 saturated heterocycles. The molecule has 2 aromatic heterocycles. The number of nitrogens with two attached hydrogens (primary N) is 1. The standard InChI is InChI=1S/C12H5BrFN3O/c13-7-3-5-11-8(1-2-9(14)17-11)18-12(5)6(4-15)10(7)16/h1-3H,16H2. The fourth-order valence-corrected chi connectivity index (χ4v) is 2.27. The van der Waals surface area contributed by atoms with Gasteiger partial charge < -0.3 is 10.2 Å². The second-order valence-electron chi connectivity index (χ2n) is 3.72. The molecule has 18 heavy (non-hydrogen) atoms. The van der Waals surface area contributed by atoms with Crippen LogP contribution in [0.5, 0.6) is 0 Å². The number of anilines is 1. The Morgan fingerprint density at radius 2 is 2.22 bits per heavy atom. The van der Waals surface area contributed by atoms with E-state index in [0.717, 1.165) is 0 Å². The van der Waals surface area contributed by atoms with Crippen LogP contribution in [0.1, 0.15) is 5.56 Å². The van der Waals surface area contributed by atoms with E-state index in [1.807, 2.05) is 6.07 Å². The summed E-state index contributed by atoms with van der Waals surface area (Å²) in [7, 11) is 0. The Bertz CT molecular complexity index is 835. The molecule has 2 heterocycles. The third kappa shape index (κ3) is 1.38. The molecule has 0 aliphatic carbocycles. The largest absolute Gasteiger partial charge is 0.453 e. The molecule has 0 aliphatic rings. The molecule has 4 nitrogen and oxygen atoms in total.